The lowest BCUT2D eigenvalue weighted by Gasteiger charge is -2.13. The molecule has 0 fully saturated rings. The zero-order chi connectivity index (χ0) is 19.6. The molecular formula is C17H16F3N5OS. The number of nitrogens with zero attached hydrogens (tertiary/aromatic N) is 3. The van der Waals surface area contributed by atoms with Crippen LogP contribution in [0.15, 0.2) is 53.9 Å². The first-order valence-electron chi connectivity index (χ1n) is 7.80. The summed E-state index contributed by atoms with van der Waals surface area (Å²) < 4.78 is 54.5. The number of aryl methyl sites for hydroxylation is 1. The Morgan fingerprint density at radius 2 is 1.93 bits per heavy atom. The molecule has 0 amide bonds. The van der Waals surface area contributed by atoms with Crippen LogP contribution in [0.3, 0.4) is 0 Å². The molecule has 0 saturated heterocycles. The van der Waals surface area contributed by atoms with Gasteiger partial charge in [0.05, 0.1) is 22.5 Å². The van der Waals surface area contributed by atoms with Crippen molar-refractivity contribution in [3.05, 3.63) is 54.6 Å². The van der Waals surface area contributed by atoms with Gasteiger partial charge in [0.1, 0.15) is 16.8 Å². The highest BCUT2D eigenvalue weighted by molar-refractivity contribution is 7.83. The van der Waals surface area contributed by atoms with E-state index in [1.165, 1.54) is 6.07 Å². The molecule has 10 heteroatoms. The second-order valence-electron chi connectivity index (χ2n) is 5.66. The number of hydrogen-bond donors (Lipinski definition) is 2. The SMILES string of the molecule is CNS(=O)c1ccc(Nc2ccc(C(F)(F)F)cn2)c(-c2cn(C)cn2)c1. The highest BCUT2D eigenvalue weighted by Gasteiger charge is 2.30. The molecular weight excluding hydrogens is 379 g/mol. The van der Waals surface area contributed by atoms with Gasteiger partial charge in [0.25, 0.3) is 0 Å². The van der Waals surface area contributed by atoms with E-state index < -0.39 is 22.7 Å². The second-order valence-corrected chi connectivity index (χ2v) is 7.08. The number of hydrogen-bond acceptors (Lipinski definition) is 4. The molecule has 2 aromatic heterocycles. The van der Waals surface area contributed by atoms with Gasteiger partial charge in [-0.25, -0.2) is 18.9 Å². The summed E-state index contributed by atoms with van der Waals surface area (Å²) in [5.74, 6) is 0.252. The van der Waals surface area contributed by atoms with Crippen LogP contribution in [0.1, 0.15) is 5.56 Å². The molecule has 3 aromatic rings. The molecule has 2 N–H and O–H groups in total. The van der Waals surface area contributed by atoms with Gasteiger partial charge < -0.3 is 9.88 Å². The van der Waals surface area contributed by atoms with Crippen molar-refractivity contribution in [3.63, 3.8) is 0 Å². The Kier molecular flexibility index (Phi) is 5.29. The minimum atomic E-state index is -4.44. The van der Waals surface area contributed by atoms with Gasteiger partial charge in [-0.15, -0.1) is 0 Å². The zero-order valence-corrected chi connectivity index (χ0v) is 15.2. The number of aromatic nitrogens is 3. The maximum Gasteiger partial charge on any atom is 0.417 e. The van der Waals surface area contributed by atoms with Crippen LogP contribution in [-0.4, -0.2) is 25.8 Å². The van der Waals surface area contributed by atoms with Crippen molar-refractivity contribution in [1.82, 2.24) is 19.3 Å². The predicted molar refractivity (Wildman–Crippen MR) is 96.6 cm³/mol. The van der Waals surface area contributed by atoms with Crippen LogP contribution >= 0.6 is 0 Å². The molecule has 142 valence electrons. The lowest BCUT2D eigenvalue weighted by Crippen LogP contribution is -2.10. The summed E-state index contributed by atoms with van der Waals surface area (Å²) in [6, 6.07) is 7.27. The molecule has 1 atom stereocenters. The lowest BCUT2D eigenvalue weighted by molar-refractivity contribution is -0.137. The molecule has 0 aliphatic rings. The van der Waals surface area contributed by atoms with Crippen molar-refractivity contribution in [2.75, 3.05) is 12.4 Å². The van der Waals surface area contributed by atoms with Crippen molar-refractivity contribution in [2.45, 2.75) is 11.1 Å². The average Bonchev–Trinajstić information content (AvgIpc) is 3.07. The first-order chi connectivity index (χ1) is 12.8. The van der Waals surface area contributed by atoms with Crippen LogP contribution in [0, 0.1) is 0 Å². The number of imidazole rings is 1. The van der Waals surface area contributed by atoms with E-state index in [4.69, 9.17) is 0 Å². The van der Waals surface area contributed by atoms with Crippen LogP contribution in [0.4, 0.5) is 24.7 Å². The molecule has 0 radical (unpaired) electrons. The predicted octanol–water partition coefficient (Wildman–Crippen LogP) is 3.49. The van der Waals surface area contributed by atoms with Gasteiger partial charge in [-0.1, -0.05) is 0 Å². The van der Waals surface area contributed by atoms with Crippen molar-refractivity contribution in [1.29, 1.82) is 0 Å². The largest absolute Gasteiger partial charge is 0.417 e. The van der Waals surface area contributed by atoms with Gasteiger partial charge in [0, 0.05) is 30.7 Å². The van der Waals surface area contributed by atoms with Gasteiger partial charge in [-0.3, -0.25) is 0 Å². The third-order valence-corrected chi connectivity index (χ3v) is 4.78. The third-order valence-electron chi connectivity index (χ3n) is 3.72. The summed E-state index contributed by atoms with van der Waals surface area (Å²) in [4.78, 5) is 8.67. The fourth-order valence-corrected chi connectivity index (χ4v) is 3.06. The van der Waals surface area contributed by atoms with Gasteiger partial charge in [0.2, 0.25) is 0 Å². The number of anilines is 2. The Morgan fingerprint density at radius 1 is 1.15 bits per heavy atom. The Hall–Kier alpha value is -2.72. The van der Waals surface area contributed by atoms with Crippen molar-refractivity contribution in [2.24, 2.45) is 7.05 Å². The lowest BCUT2D eigenvalue weighted by atomic mass is 10.1. The van der Waals surface area contributed by atoms with Gasteiger partial charge in [-0.05, 0) is 37.4 Å². The van der Waals surface area contributed by atoms with E-state index in [2.05, 4.69) is 20.0 Å². The Balaban J connectivity index is 1.98. The quantitative estimate of drug-likeness (QED) is 0.694. The average molecular weight is 395 g/mol. The number of alkyl halides is 3. The molecule has 0 aliphatic carbocycles. The highest BCUT2D eigenvalue weighted by atomic mass is 32.2. The Labute approximate surface area is 156 Å². The molecule has 27 heavy (non-hydrogen) atoms. The molecule has 0 saturated carbocycles. The number of rotatable bonds is 5. The highest BCUT2D eigenvalue weighted by Crippen LogP contribution is 2.32. The number of halogens is 3. The first kappa shape index (κ1) is 19.1. The first-order valence-corrected chi connectivity index (χ1v) is 8.94. The molecule has 0 aliphatic heterocycles. The minimum absolute atomic E-state index is 0.252. The number of pyridine rings is 1. The minimum Gasteiger partial charge on any atom is -0.340 e. The smallest absolute Gasteiger partial charge is 0.340 e. The van der Waals surface area contributed by atoms with Crippen LogP contribution in [0.5, 0.6) is 0 Å². The van der Waals surface area contributed by atoms with Gasteiger partial charge in [0.15, 0.2) is 0 Å². The number of benzene rings is 1. The van der Waals surface area contributed by atoms with E-state index in [0.717, 1.165) is 12.3 Å². The normalized spacial score (nSPS) is 12.8. The van der Waals surface area contributed by atoms with Crippen LogP contribution in [-0.2, 0) is 24.2 Å². The monoisotopic (exact) mass is 395 g/mol. The van der Waals surface area contributed by atoms with Crippen LogP contribution in [0.2, 0.25) is 0 Å². The van der Waals surface area contributed by atoms with Gasteiger partial charge >= 0.3 is 6.18 Å². The van der Waals surface area contributed by atoms with E-state index in [0.29, 0.717) is 21.8 Å². The fourth-order valence-electron chi connectivity index (χ4n) is 2.40. The number of nitrogens with one attached hydrogen (secondary N) is 2. The zero-order valence-electron chi connectivity index (χ0n) is 14.4. The van der Waals surface area contributed by atoms with Crippen molar-refractivity contribution in [3.8, 4) is 11.3 Å². The van der Waals surface area contributed by atoms with Gasteiger partial charge in [-0.2, -0.15) is 13.2 Å². The van der Waals surface area contributed by atoms with Crippen molar-refractivity contribution >= 4 is 22.5 Å². The molecule has 1 unspecified atom stereocenters. The van der Waals surface area contributed by atoms with E-state index >= 15 is 0 Å². The maximum atomic E-state index is 12.7. The summed E-state index contributed by atoms with van der Waals surface area (Å²) in [6.45, 7) is 0. The standard InChI is InChI=1S/C17H16F3N5OS/c1-21-27(26)12-4-5-14(13(7-12)15-9-25(2)10-23-15)24-16-6-3-11(8-22-16)17(18,19)20/h3-10,21H,1-2H3,(H,22,24). The summed E-state index contributed by atoms with van der Waals surface area (Å²) >= 11 is 0. The molecule has 0 spiro atoms. The van der Waals surface area contributed by atoms with Crippen LogP contribution in [0.25, 0.3) is 11.3 Å². The second kappa shape index (κ2) is 7.49. The van der Waals surface area contributed by atoms with E-state index in [-0.39, 0.29) is 5.82 Å². The summed E-state index contributed by atoms with van der Waals surface area (Å²) in [5.41, 5.74) is 1.04. The van der Waals surface area contributed by atoms with E-state index in [1.807, 2.05) is 7.05 Å². The Morgan fingerprint density at radius 3 is 2.48 bits per heavy atom. The van der Waals surface area contributed by atoms with Crippen LogP contribution < -0.4 is 10.0 Å². The van der Waals surface area contributed by atoms with E-state index in [9.17, 15) is 17.4 Å². The van der Waals surface area contributed by atoms with E-state index in [1.54, 1.807) is 42.3 Å². The topological polar surface area (TPSA) is 71.8 Å². The van der Waals surface area contributed by atoms with Crippen molar-refractivity contribution < 1.29 is 17.4 Å². The summed E-state index contributed by atoms with van der Waals surface area (Å²) in [5, 5.41) is 3.00. The molecule has 6 nitrogen and oxygen atoms in total. The molecule has 1 aromatic carbocycles. The third kappa shape index (κ3) is 4.34. The maximum absolute atomic E-state index is 12.7. The summed E-state index contributed by atoms with van der Waals surface area (Å²) in [7, 11) is 2.01. The molecule has 2 heterocycles. The summed E-state index contributed by atoms with van der Waals surface area (Å²) in [6.07, 6.45) is -0.263. The molecule has 0 bridgehead atoms. The Bertz CT molecular complexity index is 969. The fraction of sp³-hybridized carbons (Fsp3) is 0.176. The molecule has 3 rings (SSSR count).